The number of aryl methyl sites for hydroxylation is 2. The molecule has 3 N–H and O–H groups in total. The Hall–Kier alpha value is -3.84. The normalized spacial score (nSPS) is 11.1. The summed E-state index contributed by atoms with van der Waals surface area (Å²) in [6, 6.07) is 11.4. The van der Waals surface area contributed by atoms with E-state index in [1.807, 2.05) is 26.0 Å². The zero-order valence-corrected chi connectivity index (χ0v) is 16.8. The quantitative estimate of drug-likeness (QED) is 0.332. The second-order valence-corrected chi connectivity index (χ2v) is 6.88. The van der Waals surface area contributed by atoms with Crippen LogP contribution in [0.5, 0.6) is 0 Å². The van der Waals surface area contributed by atoms with Crippen molar-refractivity contribution in [1.82, 2.24) is 10.6 Å². The van der Waals surface area contributed by atoms with Gasteiger partial charge in [-0.2, -0.15) is 0 Å². The molecule has 0 saturated carbocycles. The smallest absolute Gasteiger partial charge is 0.305 e. The second kappa shape index (κ2) is 10.6. The first kappa shape index (κ1) is 22.4. The molecule has 2 aromatic rings. The molecule has 0 aromatic heterocycles. The van der Waals surface area contributed by atoms with Crippen molar-refractivity contribution in [3.8, 4) is 0 Å². The van der Waals surface area contributed by atoms with Crippen LogP contribution in [0.25, 0.3) is 10.4 Å². The molecule has 0 aliphatic carbocycles. The van der Waals surface area contributed by atoms with E-state index in [0.717, 1.165) is 16.7 Å². The molecular weight excluding hydrogens is 386 g/mol. The van der Waals surface area contributed by atoms with E-state index in [1.165, 1.54) is 0 Å². The first-order chi connectivity index (χ1) is 14.3. The minimum Gasteiger partial charge on any atom is -0.481 e. The Balaban J connectivity index is 1.96. The average Bonchev–Trinajstić information content (AvgIpc) is 2.70. The van der Waals surface area contributed by atoms with Crippen molar-refractivity contribution in [1.29, 1.82) is 0 Å². The van der Waals surface area contributed by atoms with Crippen LogP contribution in [0.1, 0.15) is 43.8 Å². The molecule has 0 spiro atoms. The summed E-state index contributed by atoms with van der Waals surface area (Å²) in [4.78, 5) is 38.2. The average molecular weight is 409 g/mol. The van der Waals surface area contributed by atoms with Crippen LogP contribution in [0.4, 0.5) is 0 Å². The van der Waals surface area contributed by atoms with E-state index in [2.05, 4.69) is 20.7 Å². The maximum absolute atomic E-state index is 12.4. The van der Waals surface area contributed by atoms with Crippen LogP contribution in [0.15, 0.2) is 47.6 Å². The number of rotatable bonds is 9. The fourth-order valence-electron chi connectivity index (χ4n) is 2.90. The van der Waals surface area contributed by atoms with E-state index in [0.29, 0.717) is 17.7 Å². The molecule has 2 aromatic carbocycles. The molecular formula is C21H23N5O4. The van der Waals surface area contributed by atoms with Crippen molar-refractivity contribution in [3.05, 3.63) is 80.7 Å². The molecule has 2 rings (SSSR count). The maximum atomic E-state index is 12.4. The molecule has 1 atom stereocenters. The third-order valence-corrected chi connectivity index (χ3v) is 4.42. The molecule has 0 aliphatic heterocycles. The van der Waals surface area contributed by atoms with Gasteiger partial charge in [0.1, 0.15) is 0 Å². The van der Waals surface area contributed by atoms with E-state index in [-0.39, 0.29) is 18.9 Å². The minimum absolute atomic E-state index is 0.156. The molecule has 0 unspecified atom stereocenters. The first-order valence-corrected chi connectivity index (χ1v) is 9.28. The number of aliphatic carboxylic acids is 1. The van der Waals surface area contributed by atoms with Gasteiger partial charge in [-0.1, -0.05) is 34.9 Å². The summed E-state index contributed by atoms with van der Waals surface area (Å²) in [6.45, 7) is 3.99. The van der Waals surface area contributed by atoms with Gasteiger partial charge in [0.05, 0.1) is 6.42 Å². The molecule has 9 nitrogen and oxygen atoms in total. The fraction of sp³-hybridized carbons (Fsp3) is 0.286. The topological polar surface area (TPSA) is 144 Å². The Bertz CT molecular complexity index is 977. The summed E-state index contributed by atoms with van der Waals surface area (Å²) in [5.41, 5.74) is 12.1. The van der Waals surface area contributed by atoms with Gasteiger partial charge < -0.3 is 15.7 Å². The monoisotopic (exact) mass is 409 g/mol. The lowest BCUT2D eigenvalue weighted by Gasteiger charge is -2.15. The number of carbonyl (C=O) groups is 3. The summed E-state index contributed by atoms with van der Waals surface area (Å²) >= 11 is 0. The number of hydrogen-bond acceptors (Lipinski definition) is 4. The highest BCUT2D eigenvalue weighted by Gasteiger charge is 2.16. The lowest BCUT2D eigenvalue weighted by Crippen LogP contribution is -2.38. The standard InChI is InChI=1S/C21H23N5O4/c1-13-3-8-18(14(2)9-13)21(30)23-11-15-4-6-16(7-5-15)20(29)25-17(10-19(27)28)12-24-26-22/h3-9,17H,10-12H2,1-2H3,(H,23,30)(H,25,29)(H,27,28)/t17-/m0/s1. The number of amides is 2. The predicted molar refractivity (Wildman–Crippen MR) is 111 cm³/mol. The van der Waals surface area contributed by atoms with Crippen molar-refractivity contribution >= 4 is 17.8 Å². The number of azide groups is 1. The van der Waals surface area contributed by atoms with Crippen molar-refractivity contribution in [2.45, 2.75) is 32.9 Å². The zero-order chi connectivity index (χ0) is 22.1. The second-order valence-electron chi connectivity index (χ2n) is 6.88. The molecule has 2 amide bonds. The molecule has 0 heterocycles. The van der Waals surface area contributed by atoms with Crippen molar-refractivity contribution < 1.29 is 19.5 Å². The number of nitrogens with zero attached hydrogens (tertiary/aromatic N) is 3. The number of nitrogens with one attached hydrogen (secondary N) is 2. The number of hydrogen-bond donors (Lipinski definition) is 3. The third kappa shape index (κ3) is 6.65. The van der Waals surface area contributed by atoms with E-state index in [9.17, 15) is 14.4 Å². The van der Waals surface area contributed by atoms with Gasteiger partial charge in [-0.3, -0.25) is 14.4 Å². The van der Waals surface area contributed by atoms with Crippen LogP contribution in [0.2, 0.25) is 0 Å². The summed E-state index contributed by atoms with van der Waals surface area (Å²) in [7, 11) is 0. The van der Waals surface area contributed by atoms with Gasteiger partial charge in [0.15, 0.2) is 0 Å². The molecule has 9 heteroatoms. The fourth-order valence-corrected chi connectivity index (χ4v) is 2.90. The Morgan fingerprint density at radius 2 is 1.80 bits per heavy atom. The lowest BCUT2D eigenvalue weighted by molar-refractivity contribution is -0.137. The lowest BCUT2D eigenvalue weighted by atomic mass is 10.0. The van der Waals surface area contributed by atoms with Crippen LogP contribution in [0, 0.1) is 13.8 Å². The molecule has 0 aliphatic rings. The minimum atomic E-state index is -1.11. The van der Waals surface area contributed by atoms with Gasteiger partial charge >= 0.3 is 5.97 Å². The third-order valence-electron chi connectivity index (χ3n) is 4.42. The van der Waals surface area contributed by atoms with Crippen LogP contribution in [-0.4, -0.2) is 35.5 Å². The number of carboxylic acid groups (broad SMARTS) is 1. The Labute approximate surface area is 173 Å². The molecule has 0 fully saturated rings. The van der Waals surface area contributed by atoms with Gasteiger partial charge in [0, 0.05) is 35.2 Å². The number of carboxylic acids is 1. The number of benzene rings is 2. The summed E-state index contributed by atoms with van der Waals surface area (Å²) < 4.78 is 0. The van der Waals surface area contributed by atoms with Gasteiger partial charge in [-0.25, -0.2) is 0 Å². The highest BCUT2D eigenvalue weighted by atomic mass is 16.4. The van der Waals surface area contributed by atoms with Crippen LogP contribution in [0.3, 0.4) is 0 Å². The van der Waals surface area contributed by atoms with E-state index in [4.69, 9.17) is 10.6 Å². The molecule has 156 valence electrons. The molecule has 0 bridgehead atoms. The Morgan fingerprint density at radius 3 is 2.40 bits per heavy atom. The SMILES string of the molecule is Cc1ccc(C(=O)NCc2ccc(C(=O)N[C@H](CN=[N+]=[N-])CC(=O)O)cc2)c(C)c1. The van der Waals surface area contributed by atoms with Gasteiger partial charge in [-0.15, -0.1) is 0 Å². The van der Waals surface area contributed by atoms with Crippen LogP contribution >= 0.6 is 0 Å². The van der Waals surface area contributed by atoms with Crippen molar-refractivity contribution in [2.75, 3.05) is 6.54 Å². The summed E-state index contributed by atoms with van der Waals surface area (Å²) in [5.74, 6) is -1.76. The van der Waals surface area contributed by atoms with Crippen molar-refractivity contribution in [2.24, 2.45) is 5.11 Å². The molecule has 0 radical (unpaired) electrons. The summed E-state index contributed by atoms with van der Waals surface area (Å²) in [5, 5.41) is 17.6. The Morgan fingerprint density at radius 1 is 1.10 bits per heavy atom. The molecule has 0 saturated heterocycles. The van der Waals surface area contributed by atoms with Gasteiger partial charge in [0.2, 0.25) is 0 Å². The number of carbonyl (C=O) groups excluding carboxylic acids is 2. The van der Waals surface area contributed by atoms with Crippen LogP contribution < -0.4 is 10.6 Å². The first-order valence-electron chi connectivity index (χ1n) is 9.28. The molecule has 30 heavy (non-hydrogen) atoms. The Kier molecular flexibility index (Phi) is 7.96. The van der Waals surface area contributed by atoms with E-state index >= 15 is 0 Å². The highest BCUT2D eigenvalue weighted by Crippen LogP contribution is 2.11. The maximum Gasteiger partial charge on any atom is 0.305 e. The van der Waals surface area contributed by atoms with Gasteiger partial charge in [-0.05, 0) is 48.7 Å². The van der Waals surface area contributed by atoms with E-state index < -0.39 is 17.9 Å². The van der Waals surface area contributed by atoms with Crippen LogP contribution in [-0.2, 0) is 11.3 Å². The van der Waals surface area contributed by atoms with Crippen molar-refractivity contribution in [3.63, 3.8) is 0 Å². The summed E-state index contributed by atoms with van der Waals surface area (Å²) in [6.07, 6.45) is -0.354. The van der Waals surface area contributed by atoms with E-state index in [1.54, 1.807) is 30.3 Å². The highest BCUT2D eigenvalue weighted by molar-refractivity contribution is 5.96. The van der Waals surface area contributed by atoms with Gasteiger partial charge in [0.25, 0.3) is 11.8 Å². The predicted octanol–water partition coefficient (Wildman–Crippen LogP) is 3.12. The zero-order valence-electron chi connectivity index (χ0n) is 16.8. The largest absolute Gasteiger partial charge is 0.481 e.